The second kappa shape index (κ2) is 15.8. The van der Waals surface area contributed by atoms with Crippen LogP contribution in [-0.2, 0) is 24.8 Å². The molecule has 0 bridgehead atoms. The highest BCUT2D eigenvalue weighted by Crippen LogP contribution is 2.35. The first kappa shape index (κ1) is 33.2. The number of aromatic nitrogens is 1. The van der Waals surface area contributed by atoms with Crippen LogP contribution < -0.4 is 23.5 Å². The molecule has 236 valence electrons. The lowest BCUT2D eigenvalue weighted by molar-refractivity contribution is -0.694. The van der Waals surface area contributed by atoms with Crippen molar-refractivity contribution < 1.29 is 23.5 Å². The average Bonchev–Trinajstić information content (AvgIpc) is 3.03. The van der Waals surface area contributed by atoms with Crippen molar-refractivity contribution in [2.75, 3.05) is 27.9 Å². The van der Waals surface area contributed by atoms with Crippen molar-refractivity contribution in [3.05, 3.63) is 89.2 Å². The molecule has 0 N–H and O–H groups in total. The number of ether oxygens (including phenoxy) is 4. The zero-order chi connectivity index (χ0) is 31.5. The second-order valence-electron chi connectivity index (χ2n) is 12.7. The van der Waals surface area contributed by atoms with Gasteiger partial charge in [0.15, 0.2) is 41.4 Å². The van der Waals surface area contributed by atoms with E-state index >= 15 is 0 Å². The number of para-hydroxylation sites is 1. The summed E-state index contributed by atoms with van der Waals surface area (Å²) in [5, 5.41) is 2.29. The van der Waals surface area contributed by atoms with Gasteiger partial charge in [0.2, 0.25) is 0 Å². The van der Waals surface area contributed by atoms with Crippen molar-refractivity contribution >= 4 is 10.8 Å². The van der Waals surface area contributed by atoms with Crippen LogP contribution in [0.5, 0.6) is 23.0 Å². The molecule has 4 rings (SSSR count). The smallest absolute Gasteiger partial charge is 0.189 e. The Labute approximate surface area is 265 Å². The van der Waals surface area contributed by atoms with E-state index in [9.17, 15) is 0 Å². The molecule has 1 aromatic heterocycles. The van der Waals surface area contributed by atoms with E-state index in [4.69, 9.17) is 18.9 Å². The number of fused-ring (bicyclic) bond motifs is 1. The maximum absolute atomic E-state index is 6.43. The van der Waals surface area contributed by atoms with Crippen LogP contribution in [0.3, 0.4) is 0 Å². The monoisotopic (exact) mass is 598 g/mol. The Hall–Kier alpha value is -3.73. The summed E-state index contributed by atoms with van der Waals surface area (Å²) >= 11 is 0. The third-order valence-corrected chi connectivity index (χ3v) is 8.48. The van der Waals surface area contributed by atoms with Gasteiger partial charge in [0.05, 0.1) is 38.9 Å². The van der Waals surface area contributed by atoms with E-state index in [1.807, 2.05) is 6.07 Å². The Kier molecular flexibility index (Phi) is 11.9. The topological polar surface area (TPSA) is 40.8 Å². The number of nitrogens with zero attached hydrogens (tertiary/aromatic N) is 1. The fourth-order valence-electron chi connectivity index (χ4n) is 5.81. The van der Waals surface area contributed by atoms with Crippen LogP contribution in [0.15, 0.2) is 66.9 Å². The van der Waals surface area contributed by atoms with Crippen molar-refractivity contribution in [2.24, 2.45) is 0 Å². The predicted octanol–water partition coefficient (Wildman–Crippen LogP) is 9.02. The minimum Gasteiger partial charge on any atom is -0.493 e. The molecule has 3 aromatic carbocycles. The van der Waals surface area contributed by atoms with E-state index < -0.39 is 0 Å². The quantitative estimate of drug-likeness (QED) is 0.0953. The Balaban J connectivity index is 1.66. The molecule has 0 amide bonds. The molecule has 0 atom stereocenters. The molecule has 0 aliphatic heterocycles. The summed E-state index contributed by atoms with van der Waals surface area (Å²) in [5.74, 6) is 3.09. The Morgan fingerprint density at radius 3 is 2.07 bits per heavy atom. The highest BCUT2D eigenvalue weighted by atomic mass is 16.5. The number of methoxy groups -OCH3 is 3. The molecule has 0 saturated heterocycles. The predicted molar refractivity (Wildman–Crippen MR) is 181 cm³/mol. The molecule has 0 aliphatic rings. The van der Waals surface area contributed by atoms with Gasteiger partial charge in [0.1, 0.15) is 0 Å². The Morgan fingerprint density at radius 1 is 0.705 bits per heavy atom. The van der Waals surface area contributed by atoms with E-state index in [0.29, 0.717) is 13.2 Å². The maximum atomic E-state index is 6.43. The van der Waals surface area contributed by atoms with Crippen molar-refractivity contribution in [3.63, 3.8) is 0 Å². The van der Waals surface area contributed by atoms with Crippen molar-refractivity contribution in [1.29, 1.82) is 0 Å². The van der Waals surface area contributed by atoms with Gasteiger partial charge < -0.3 is 18.9 Å². The first-order valence-corrected chi connectivity index (χ1v) is 16.2. The molecule has 4 aromatic rings. The molecular weight excluding hydrogens is 546 g/mol. The van der Waals surface area contributed by atoms with Crippen LogP contribution in [0, 0.1) is 0 Å². The maximum Gasteiger partial charge on any atom is 0.189 e. The van der Waals surface area contributed by atoms with Gasteiger partial charge >= 0.3 is 0 Å². The van der Waals surface area contributed by atoms with E-state index in [1.54, 1.807) is 21.3 Å². The Bertz CT molecular complexity index is 1490. The molecule has 5 heteroatoms. The summed E-state index contributed by atoms with van der Waals surface area (Å²) in [7, 11) is 5.10. The van der Waals surface area contributed by atoms with Crippen LogP contribution >= 0.6 is 0 Å². The number of rotatable bonds is 16. The number of hydrogen-bond donors (Lipinski definition) is 0. The Morgan fingerprint density at radius 2 is 1.39 bits per heavy atom. The van der Waals surface area contributed by atoms with Crippen molar-refractivity contribution in [1.82, 2.24) is 0 Å². The van der Waals surface area contributed by atoms with Crippen LogP contribution in [0.2, 0.25) is 0 Å². The molecule has 5 nitrogen and oxygen atoms in total. The fourth-order valence-corrected chi connectivity index (χ4v) is 5.81. The molecule has 0 radical (unpaired) electrons. The van der Waals surface area contributed by atoms with Gasteiger partial charge in [-0.05, 0) is 59.0 Å². The minimum absolute atomic E-state index is 0.137. The zero-order valence-electron chi connectivity index (χ0n) is 28.0. The van der Waals surface area contributed by atoms with E-state index in [0.717, 1.165) is 58.6 Å². The van der Waals surface area contributed by atoms with Gasteiger partial charge in [-0.2, -0.15) is 4.57 Å². The second-order valence-corrected chi connectivity index (χ2v) is 12.7. The van der Waals surface area contributed by atoms with Crippen molar-refractivity contribution in [2.45, 2.75) is 91.0 Å². The summed E-state index contributed by atoms with van der Waals surface area (Å²) < 4.78 is 25.9. The summed E-state index contributed by atoms with van der Waals surface area (Å²) in [5.41, 5.74) is 5.17. The van der Waals surface area contributed by atoms with E-state index in [2.05, 4.69) is 93.1 Å². The SMILES string of the molecule is CCCCCCCCOc1c(C[n+]2ccc3cc(OC)c(OC)cc3c2CCc2ccc(C(C)(C)C)cc2)cccc1OC. The molecule has 0 saturated carbocycles. The zero-order valence-corrected chi connectivity index (χ0v) is 28.0. The molecule has 44 heavy (non-hydrogen) atoms. The third-order valence-electron chi connectivity index (χ3n) is 8.48. The third kappa shape index (κ3) is 8.46. The molecule has 0 fully saturated rings. The van der Waals surface area contributed by atoms with E-state index in [1.165, 1.54) is 48.9 Å². The number of benzene rings is 3. The molecule has 0 unspecified atom stereocenters. The average molecular weight is 599 g/mol. The van der Waals surface area contributed by atoms with Crippen LogP contribution in [0.4, 0.5) is 0 Å². The van der Waals surface area contributed by atoms with Gasteiger partial charge in [0.25, 0.3) is 0 Å². The highest BCUT2D eigenvalue weighted by Gasteiger charge is 2.22. The fraction of sp³-hybridized carbons (Fsp3) is 0.462. The first-order chi connectivity index (χ1) is 21.3. The number of aryl methyl sites for hydroxylation is 2. The van der Waals surface area contributed by atoms with Crippen molar-refractivity contribution in [3.8, 4) is 23.0 Å². The normalized spacial score (nSPS) is 11.5. The lowest BCUT2D eigenvalue weighted by Crippen LogP contribution is -2.39. The molecule has 0 spiro atoms. The van der Waals surface area contributed by atoms with Gasteiger partial charge in [-0.15, -0.1) is 0 Å². The summed E-state index contributed by atoms with van der Waals surface area (Å²) in [6, 6.07) is 21.6. The van der Waals surface area contributed by atoms with E-state index in [-0.39, 0.29) is 5.41 Å². The standard InChI is InChI=1S/C39H52NO4/c1-8-9-10-11-12-13-25-44-38-31(15-14-16-35(38)41-5)28-40-24-23-30-26-36(42-6)37(43-7)27-33(30)34(40)22-19-29-17-20-32(21-18-29)39(2,3)4/h14-18,20-21,23-24,26-27H,8-13,19,22,25,28H2,1-7H3/q+1. The summed E-state index contributed by atoms with van der Waals surface area (Å²) in [6.07, 6.45) is 11.4. The lowest BCUT2D eigenvalue weighted by Gasteiger charge is -2.19. The number of unbranched alkanes of at least 4 members (excludes halogenated alkanes) is 5. The summed E-state index contributed by atoms with van der Waals surface area (Å²) in [4.78, 5) is 0. The van der Waals surface area contributed by atoms with Crippen LogP contribution in [0.25, 0.3) is 10.8 Å². The molecule has 1 heterocycles. The van der Waals surface area contributed by atoms with Crippen LogP contribution in [0.1, 0.15) is 88.6 Å². The van der Waals surface area contributed by atoms with Gasteiger partial charge in [-0.1, -0.05) is 90.1 Å². The largest absolute Gasteiger partial charge is 0.493 e. The molecular formula is C39H52NO4+. The first-order valence-electron chi connectivity index (χ1n) is 16.2. The number of hydrogen-bond acceptors (Lipinski definition) is 4. The van der Waals surface area contributed by atoms with Gasteiger partial charge in [-0.3, -0.25) is 0 Å². The lowest BCUT2D eigenvalue weighted by atomic mass is 9.86. The minimum atomic E-state index is 0.137. The molecule has 0 aliphatic carbocycles. The number of pyridine rings is 1. The van der Waals surface area contributed by atoms with Crippen LogP contribution in [-0.4, -0.2) is 27.9 Å². The van der Waals surface area contributed by atoms with Gasteiger partial charge in [-0.25, -0.2) is 0 Å². The van der Waals surface area contributed by atoms with Gasteiger partial charge in [0, 0.05) is 12.5 Å². The summed E-state index contributed by atoms with van der Waals surface area (Å²) in [6.45, 7) is 10.4. The highest BCUT2D eigenvalue weighted by molar-refractivity contribution is 5.87.